The van der Waals surface area contributed by atoms with Gasteiger partial charge in [0.1, 0.15) is 17.8 Å². The predicted molar refractivity (Wildman–Crippen MR) is 102 cm³/mol. The van der Waals surface area contributed by atoms with Gasteiger partial charge in [0, 0.05) is 12.8 Å². The van der Waals surface area contributed by atoms with E-state index in [9.17, 15) is 19.8 Å². The molecule has 0 aliphatic carbocycles. The molecule has 0 aromatic carbocycles. The molecule has 0 spiro atoms. The standard InChI is InChI=1S/C18H27IO6/c1-11-5-6-15(24-13(3)20)18(4,23)8-7-14(21)9-16(22)25-17(11)12(2)10-19/h5-6,10-11,14-15,17,21,23H,7-9H2,1-4H3/t11-,14+,15?,17-,18+/m0/s1. The monoisotopic (exact) mass is 466 g/mol. The van der Waals surface area contributed by atoms with Crippen LogP contribution in [0.25, 0.3) is 0 Å². The van der Waals surface area contributed by atoms with Crippen LogP contribution in [-0.2, 0) is 19.1 Å². The first kappa shape index (κ1) is 22.1. The first-order valence-electron chi connectivity index (χ1n) is 8.29. The number of cyclic esters (lactones) is 1. The average Bonchev–Trinajstić information content (AvgIpc) is 2.52. The van der Waals surface area contributed by atoms with Crippen molar-refractivity contribution in [2.75, 3.05) is 0 Å². The summed E-state index contributed by atoms with van der Waals surface area (Å²) in [7, 11) is 0. The topological polar surface area (TPSA) is 93.1 Å². The third kappa shape index (κ3) is 7.07. The lowest BCUT2D eigenvalue weighted by Crippen LogP contribution is -2.42. The molecule has 6 nitrogen and oxygen atoms in total. The summed E-state index contributed by atoms with van der Waals surface area (Å²) >= 11 is 2.08. The lowest BCUT2D eigenvalue weighted by Gasteiger charge is -2.32. The Morgan fingerprint density at radius 1 is 1.44 bits per heavy atom. The summed E-state index contributed by atoms with van der Waals surface area (Å²) in [6.45, 7) is 6.57. The van der Waals surface area contributed by atoms with Crippen molar-refractivity contribution in [3.05, 3.63) is 21.8 Å². The highest BCUT2D eigenvalue weighted by Crippen LogP contribution is 2.27. The number of ether oxygens (including phenoxy) is 2. The summed E-state index contributed by atoms with van der Waals surface area (Å²) in [4.78, 5) is 23.5. The molecule has 2 N–H and O–H groups in total. The number of carbonyl (C=O) groups is 2. The van der Waals surface area contributed by atoms with Crippen LogP contribution >= 0.6 is 22.6 Å². The van der Waals surface area contributed by atoms with Crippen molar-refractivity contribution in [1.29, 1.82) is 0 Å². The Kier molecular flexibility index (Phi) is 8.56. The Morgan fingerprint density at radius 2 is 2.08 bits per heavy atom. The minimum Gasteiger partial charge on any atom is -0.457 e. The van der Waals surface area contributed by atoms with Gasteiger partial charge in [0.15, 0.2) is 0 Å². The molecule has 5 atom stereocenters. The third-order valence-corrected chi connectivity index (χ3v) is 5.22. The van der Waals surface area contributed by atoms with Gasteiger partial charge in [-0.2, -0.15) is 0 Å². The normalized spacial score (nSPS) is 35.3. The summed E-state index contributed by atoms with van der Waals surface area (Å²) in [5.41, 5.74) is -0.483. The Bertz CT molecular complexity index is 540. The van der Waals surface area contributed by atoms with Crippen molar-refractivity contribution >= 4 is 34.5 Å². The first-order valence-corrected chi connectivity index (χ1v) is 9.53. The van der Waals surface area contributed by atoms with E-state index in [1.807, 2.05) is 17.9 Å². The lowest BCUT2D eigenvalue weighted by atomic mass is 9.89. The molecule has 1 heterocycles. The molecular weight excluding hydrogens is 439 g/mol. The molecule has 0 saturated carbocycles. The summed E-state index contributed by atoms with van der Waals surface area (Å²) in [5, 5.41) is 20.7. The zero-order chi connectivity index (χ0) is 19.2. The minimum atomic E-state index is -1.35. The minimum absolute atomic E-state index is 0.143. The maximum Gasteiger partial charge on any atom is 0.309 e. The van der Waals surface area contributed by atoms with Gasteiger partial charge < -0.3 is 19.7 Å². The summed E-state index contributed by atoms with van der Waals surface area (Å²) < 4.78 is 12.6. The Morgan fingerprint density at radius 3 is 2.64 bits per heavy atom. The zero-order valence-electron chi connectivity index (χ0n) is 15.1. The second-order valence-corrected chi connectivity index (χ2v) is 7.41. The van der Waals surface area contributed by atoms with Crippen LogP contribution in [0.3, 0.4) is 0 Å². The number of halogens is 1. The number of hydrogen-bond donors (Lipinski definition) is 2. The molecule has 0 radical (unpaired) electrons. The molecule has 0 saturated heterocycles. The molecule has 0 fully saturated rings. The zero-order valence-corrected chi connectivity index (χ0v) is 17.2. The van der Waals surface area contributed by atoms with Gasteiger partial charge in [-0.3, -0.25) is 9.59 Å². The van der Waals surface area contributed by atoms with Crippen LogP contribution < -0.4 is 0 Å². The Balaban J connectivity index is 3.20. The van der Waals surface area contributed by atoms with Crippen LogP contribution in [0.15, 0.2) is 21.8 Å². The predicted octanol–water partition coefficient (Wildman–Crippen LogP) is 2.66. The lowest BCUT2D eigenvalue weighted by molar-refractivity contribution is -0.157. The van der Waals surface area contributed by atoms with Crippen LogP contribution in [0, 0.1) is 5.92 Å². The van der Waals surface area contributed by atoms with Crippen molar-refractivity contribution in [3.8, 4) is 0 Å². The van der Waals surface area contributed by atoms with E-state index in [1.54, 1.807) is 19.1 Å². The number of hydrogen-bond acceptors (Lipinski definition) is 6. The molecule has 25 heavy (non-hydrogen) atoms. The van der Waals surface area contributed by atoms with Gasteiger partial charge in [-0.25, -0.2) is 0 Å². The molecule has 1 aliphatic rings. The van der Waals surface area contributed by atoms with Gasteiger partial charge in [-0.05, 0) is 42.4 Å². The van der Waals surface area contributed by atoms with E-state index in [0.29, 0.717) is 0 Å². The fourth-order valence-electron chi connectivity index (χ4n) is 2.69. The molecule has 7 heteroatoms. The van der Waals surface area contributed by atoms with Gasteiger partial charge in [0.2, 0.25) is 0 Å². The van der Waals surface area contributed by atoms with Crippen molar-refractivity contribution in [2.45, 2.75) is 70.9 Å². The van der Waals surface area contributed by atoms with E-state index in [0.717, 1.165) is 5.57 Å². The van der Waals surface area contributed by atoms with Crippen LogP contribution in [0.4, 0.5) is 0 Å². The van der Waals surface area contributed by atoms with Crippen molar-refractivity contribution in [1.82, 2.24) is 0 Å². The number of rotatable bonds is 2. The van der Waals surface area contributed by atoms with Crippen molar-refractivity contribution in [2.24, 2.45) is 5.92 Å². The SMILES string of the molecule is CC(=O)OC1C=C[C@H](C)[C@@H](C(C)=CI)OC(=O)C[C@H](O)CC[C@@]1(C)O. The van der Waals surface area contributed by atoms with E-state index in [4.69, 9.17) is 9.47 Å². The summed E-state index contributed by atoms with van der Waals surface area (Å²) in [6.07, 6.45) is 1.36. The van der Waals surface area contributed by atoms with Crippen LogP contribution in [0.5, 0.6) is 0 Å². The molecule has 142 valence electrons. The number of esters is 2. The number of aliphatic hydroxyl groups is 2. The Hall–Kier alpha value is -0.930. The molecule has 0 bridgehead atoms. The average molecular weight is 466 g/mol. The fourth-order valence-corrected chi connectivity index (χ4v) is 3.05. The van der Waals surface area contributed by atoms with Gasteiger partial charge in [-0.1, -0.05) is 35.6 Å². The van der Waals surface area contributed by atoms with Gasteiger partial charge in [0.25, 0.3) is 0 Å². The highest BCUT2D eigenvalue weighted by molar-refractivity contribution is 14.1. The first-order chi connectivity index (χ1) is 11.6. The number of aliphatic hydroxyl groups excluding tert-OH is 1. The van der Waals surface area contributed by atoms with E-state index in [2.05, 4.69) is 22.6 Å². The second-order valence-electron chi connectivity index (χ2n) is 6.79. The highest BCUT2D eigenvalue weighted by atomic mass is 127. The maximum absolute atomic E-state index is 12.1. The van der Waals surface area contributed by atoms with E-state index in [1.165, 1.54) is 6.92 Å². The second kappa shape index (κ2) is 9.68. The maximum atomic E-state index is 12.1. The van der Waals surface area contributed by atoms with Gasteiger partial charge >= 0.3 is 11.9 Å². The van der Waals surface area contributed by atoms with Crippen LogP contribution in [-0.4, -0.2) is 46.1 Å². The molecule has 0 amide bonds. The molecule has 0 aromatic heterocycles. The van der Waals surface area contributed by atoms with E-state index >= 15 is 0 Å². The van der Waals surface area contributed by atoms with Gasteiger partial charge in [0.05, 0.1) is 12.5 Å². The van der Waals surface area contributed by atoms with Crippen LogP contribution in [0.2, 0.25) is 0 Å². The quantitative estimate of drug-likeness (QED) is 0.370. The molecule has 1 unspecified atom stereocenters. The largest absolute Gasteiger partial charge is 0.457 e. The number of carbonyl (C=O) groups excluding carboxylic acids is 2. The molecule has 0 aromatic rings. The fraction of sp³-hybridized carbons (Fsp3) is 0.667. The van der Waals surface area contributed by atoms with Crippen molar-refractivity contribution < 1.29 is 29.3 Å². The van der Waals surface area contributed by atoms with E-state index < -0.39 is 35.9 Å². The molecular formula is C18H27IO6. The molecule has 1 rings (SSSR count). The smallest absolute Gasteiger partial charge is 0.309 e. The highest BCUT2D eigenvalue weighted by Gasteiger charge is 2.34. The summed E-state index contributed by atoms with van der Waals surface area (Å²) in [6, 6.07) is 0. The van der Waals surface area contributed by atoms with Gasteiger partial charge in [-0.15, -0.1) is 0 Å². The molecule has 1 aliphatic heterocycles. The third-order valence-electron chi connectivity index (χ3n) is 4.24. The van der Waals surface area contributed by atoms with Crippen LogP contribution in [0.1, 0.15) is 47.0 Å². The summed E-state index contributed by atoms with van der Waals surface area (Å²) in [5.74, 6) is -1.17. The van der Waals surface area contributed by atoms with Crippen molar-refractivity contribution in [3.63, 3.8) is 0 Å². The Labute approximate surface area is 162 Å². The van der Waals surface area contributed by atoms with E-state index in [-0.39, 0.29) is 25.2 Å².